The molecule has 1 aliphatic rings. The van der Waals surface area contributed by atoms with Crippen molar-refractivity contribution >= 4 is 5.78 Å². The summed E-state index contributed by atoms with van der Waals surface area (Å²) in [6, 6.07) is 5.41. The highest BCUT2D eigenvalue weighted by atomic mass is 16.5. The summed E-state index contributed by atoms with van der Waals surface area (Å²) in [7, 11) is 1.59. The highest BCUT2D eigenvalue weighted by Crippen LogP contribution is 2.35. The van der Waals surface area contributed by atoms with E-state index in [1.54, 1.807) is 20.1 Å². The number of para-hydroxylation sites is 1. The number of hydrogen-bond donors (Lipinski definition) is 0. The van der Waals surface area contributed by atoms with Crippen molar-refractivity contribution in [1.29, 1.82) is 0 Å². The van der Waals surface area contributed by atoms with Crippen LogP contribution in [0.25, 0.3) is 0 Å². The lowest BCUT2D eigenvalue weighted by molar-refractivity contribution is 0.0975. The first-order valence-corrected chi connectivity index (χ1v) is 5.57. The molecule has 0 saturated heterocycles. The van der Waals surface area contributed by atoms with E-state index in [1.807, 2.05) is 12.1 Å². The Balaban J connectivity index is 2.32. The van der Waals surface area contributed by atoms with Crippen LogP contribution in [-0.2, 0) is 0 Å². The van der Waals surface area contributed by atoms with Crippen molar-refractivity contribution in [2.24, 2.45) is 0 Å². The molecule has 1 fully saturated rings. The predicted octanol–water partition coefficient (Wildman–Crippen LogP) is 2.83. The molecule has 0 radical (unpaired) electrons. The van der Waals surface area contributed by atoms with Gasteiger partial charge in [0.15, 0.2) is 17.3 Å². The van der Waals surface area contributed by atoms with E-state index >= 15 is 0 Å². The zero-order valence-corrected chi connectivity index (χ0v) is 9.66. The van der Waals surface area contributed by atoms with Gasteiger partial charge in [-0.2, -0.15) is 0 Å². The molecule has 86 valence electrons. The van der Waals surface area contributed by atoms with Crippen LogP contribution in [0.15, 0.2) is 18.2 Å². The second-order valence-electron chi connectivity index (χ2n) is 4.06. The fourth-order valence-corrected chi connectivity index (χ4v) is 1.73. The molecule has 0 atom stereocenters. The maximum Gasteiger partial charge on any atom is 0.172 e. The third-order valence-electron chi connectivity index (χ3n) is 2.91. The molecule has 0 bridgehead atoms. The van der Waals surface area contributed by atoms with Crippen molar-refractivity contribution < 1.29 is 14.3 Å². The largest absolute Gasteiger partial charge is 0.493 e. The quantitative estimate of drug-likeness (QED) is 0.732. The van der Waals surface area contributed by atoms with Gasteiger partial charge in [0, 0.05) is 0 Å². The van der Waals surface area contributed by atoms with E-state index in [1.165, 1.54) is 6.42 Å². The van der Waals surface area contributed by atoms with Crippen molar-refractivity contribution in [2.45, 2.75) is 32.3 Å². The highest BCUT2D eigenvalue weighted by molar-refractivity contribution is 5.97. The topological polar surface area (TPSA) is 35.5 Å². The van der Waals surface area contributed by atoms with Crippen LogP contribution in [0, 0.1) is 0 Å². The van der Waals surface area contributed by atoms with Crippen LogP contribution in [0.5, 0.6) is 11.5 Å². The van der Waals surface area contributed by atoms with Crippen LogP contribution in [0.3, 0.4) is 0 Å². The predicted molar refractivity (Wildman–Crippen MR) is 61.3 cm³/mol. The van der Waals surface area contributed by atoms with E-state index in [4.69, 9.17) is 9.47 Å². The molecule has 2 rings (SSSR count). The highest BCUT2D eigenvalue weighted by Gasteiger charge is 2.23. The average molecular weight is 220 g/mol. The number of hydrogen-bond acceptors (Lipinski definition) is 3. The third kappa shape index (κ3) is 2.03. The second kappa shape index (κ2) is 4.56. The Hall–Kier alpha value is -1.51. The minimum atomic E-state index is 0.00761. The lowest BCUT2D eigenvalue weighted by Gasteiger charge is -2.28. The number of ether oxygens (including phenoxy) is 2. The number of rotatable bonds is 4. The maximum absolute atomic E-state index is 11.5. The fraction of sp³-hybridized carbons (Fsp3) is 0.462. The standard InChI is InChI=1S/C13H16O3/c1-9(14)11-7-4-8-12(15-2)13(11)16-10-5-3-6-10/h4,7-8,10H,3,5-6H2,1-2H3. The van der Waals surface area contributed by atoms with Gasteiger partial charge in [-0.25, -0.2) is 0 Å². The number of Topliss-reactive ketones (excluding diaryl/α,β-unsaturated/α-hetero) is 1. The van der Waals surface area contributed by atoms with Gasteiger partial charge in [0.1, 0.15) is 0 Å². The molecule has 0 unspecified atom stereocenters. The number of ketones is 1. The van der Waals surface area contributed by atoms with Crippen LogP contribution >= 0.6 is 0 Å². The summed E-state index contributed by atoms with van der Waals surface area (Å²) >= 11 is 0. The Bertz CT molecular complexity index is 394. The molecule has 3 heteroatoms. The zero-order valence-electron chi connectivity index (χ0n) is 9.66. The average Bonchev–Trinajstić information content (AvgIpc) is 2.22. The van der Waals surface area contributed by atoms with Crippen molar-refractivity contribution in [3.63, 3.8) is 0 Å². The van der Waals surface area contributed by atoms with Gasteiger partial charge in [-0.15, -0.1) is 0 Å². The first-order valence-electron chi connectivity index (χ1n) is 5.57. The van der Waals surface area contributed by atoms with Gasteiger partial charge in [0.2, 0.25) is 0 Å². The van der Waals surface area contributed by atoms with Gasteiger partial charge in [-0.1, -0.05) is 6.07 Å². The molecule has 0 spiro atoms. The lowest BCUT2D eigenvalue weighted by atomic mass is 9.96. The van der Waals surface area contributed by atoms with Crippen molar-refractivity contribution in [2.75, 3.05) is 7.11 Å². The van der Waals surface area contributed by atoms with Gasteiger partial charge in [0.25, 0.3) is 0 Å². The molecule has 16 heavy (non-hydrogen) atoms. The second-order valence-corrected chi connectivity index (χ2v) is 4.06. The van der Waals surface area contributed by atoms with E-state index in [-0.39, 0.29) is 11.9 Å². The number of carbonyl (C=O) groups is 1. The molecule has 0 aliphatic heterocycles. The van der Waals surface area contributed by atoms with Gasteiger partial charge in [0.05, 0.1) is 18.8 Å². The van der Waals surface area contributed by atoms with Gasteiger partial charge >= 0.3 is 0 Å². The van der Waals surface area contributed by atoms with Crippen LogP contribution in [-0.4, -0.2) is 19.0 Å². The van der Waals surface area contributed by atoms with E-state index in [0.29, 0.717) is 17.1 Å². The summed E-state index contributed by atoms with van der Waals surface area (Å²) in [4.78, 5) is 11.5. The summed E-state index contributed by atoms with van der Waals surface area (Å²) in [6.07, 6.45) is 3.58. The Morgan fingerprint density at radius 3 is 2.62 bits per heavy atom. The zero-order chi connectivity index (χ0) is 11.5. The molecule has 3 nitrogen and oxygen atoms in total. The Morgan fingerprint density at radius 2 is 2.12 bits per heavy atom. The monoisotopic (exact) mass is 220 g/mol. The molecule has 1 aromatic carbocycles. The molecular weight excluding hydrogens is 204 g/mol. The van der Waals surface area contributed by atoms with Crippen LogP contribution in [0.4, 0.5) is 0 Å². The molecule has 1 saturated carbocycles. The molecule has 0 aromatic heterocycles. The normalized spacial score (nSPS) is 15.4. The van der Waals surface area contributed by atoms with Crippen molar-refractivity contribution in [3.8, 4) is 11.5 Å². The van der Waals surface area contributed by atoms with E-state index in [0.717, 1.165) is 12.8 Å². The van der Waals surface area contributed by atoms with Gasteiger partial charge < -0.3 is 9.47 Å². The minimum Gasteiger partial charge on any atom is -0.493 e. The van der Waals surface area contributed by atoms with E-state index in [9.17, 15) is 4.79 Å². The molecule has 0 amide bonds. The number of methoxy groups -OCH3 is 1. The van der Waals surface area contributed by atoms with Crippen LogP contribution in [0.1, 0.15) is 36.5 Å². The molecule has 1 aliphatic carbocycles. The third-order valence-corrected chi connectivity index (χ3v) is 2.91. The Morgan fingerprint density at radius 1 is 1.38 bits per heavy atom. The molecule has 1 aromatic rings. The number of carbonyl (C=O) groups excluding carboxylic acids is 1. The van der Waals surface area contributed by atoms with Gasteiger partial charge in [-0.3, -0.25) is 4.79 Å². The number of benzene rings is 1. The Kier molecular flexibility index (Phi) is 3.13. The van der Waals surface area contributed by atoms with Crippen LogP contribution in [0.2, 0.25) is 0 Å². The molecule has 0 N–H and O–H groups in total. The maximum atomic E-state index is 11.5. The van der Waals surface area contributed by atoms with Crippen molar-refractivity contribution in [3.05, 3.63) is 23.8 Å². The van der Waals surface area contributed by atoms with E-state index < -0.39 is 0 Å². The summed E-state index contributed by atoms with van der Waals surface area (Å²) in [5.41, 5.74) is 0.603. The SMILES string of the molecule is COc1cccc(C(C)=O)c1OC1CCC1. The van der Waals surface area contributed by atoms with Gasteiger partial charge in [-0.05, 0) is 38.3 Å². The minimum absolute atomic E-state index is 0.00761. The molecular formula is C13H16O3. The Labute approximate surface area is 95.4 Å². The molecule has 0 heterocycles. The summed E-state index contributed by atoms with van der Waals surface area (Å²) in [6.45, 7) is 1.54. The lowest BCUT2D eigenvalue weighted by Crippen LogP contribution is -2.25. The van der Waals surface area contributed by atoms with Crippen LogP contribution < -0.4 is 9.47 Å². The summed E-state index contributed by atoms with van der Waals surface area (Å²) in [5.74, 6) is 1.25. The fourth-order valence-electron chi connectivity index (χ4n) is 1.73. The van der Waals surface area contributed by atoms with Crippen molar-refractivity contribution in [1.82, 2.24) is 0 Å². The first kappa shape index (κ1) is 11.0. The summed E-state index contributed by atoms with van der Waals surface area (Å²) in [5, 5.41) is 0. The van der Waals surface area contributed by atoms with E-state index in [2.05, 4.69) is 0 Å². The first-order chi connectivity index (χ1) is 7.72. The summed E-state index contributed by atoms with van der Waals surface area (Å²) < 4.78 is 11.0. The smallest absolute Gasteiger partial charge is 0.172 e.